The second kappa shape index (κ2) is 7.54. The Bertz CT molecular complexity index is 662. The van der Waals surface area contributed by atoms with Gasteiger partial charge in [-0.1, -0.05) is 45.8 Å². The molecule has 1 fully saturated rings. The van der Waals surface area contributed by atoms with Gasteiger partial charge in [-0.3, -0.25) is 9.59 Å². The fourth-order valence-electron chi connectivity index (χ4n) is 4.69. The summed E-state index contributed by atoms with van der Waals surface area (Å²) in [4.78, 5) is 26.4. The van der Waals surface area contributed by atoms with Gasteiger partial charge >= 0.3 is 0 Å². The summed E-state index contributed by atoms with van der Waals surface area (Å²) in [5.74, 6) is -0.678. The molecule has 0 heterocycles. The van der Waals surface area contributed by atoms with E-state index < -0.39 is 22.9 Å². The molecular weight excluding hydrogens is 340 g/mol. The van der Waals surface area contributed by atoms with E-state index in [9.17, 15) is 14.7 Å². The molecule has 2 aliphatic rings. The standard InChI is InChI=1S/C23H36O4/c1-15(2)9-12-23-14-17(25)22(6,11-8-10-21(3,4)5)19(20(23)26)16(24)13-18(23)27-7/h9,13,17,19,25H,8,10-12,14H2,1-7H3. The molecule has 4 nitrogen and oxygen atoms in total. The van der Waals surface area contributed by atoms with Crippen LogP contribution in [0.2, 0.25) is 0 Å². The predicted molar refractivity (Wildman–Crippen MR) is 107 cm³/mol. The van der Waals surface area contributed by atoms with Gasteiger partial charge in [-0.2, -0.15) is 0 Å². The molecule has 0 spiro atoms. The quantitative estimate of drug-likeness (QED) is 0.543. The number of fused-ring (bicyclic) bond motifs is 2. The summed E-state index contributed by atoms with van der Waals surface area (Å²) in [6.07, 6.45) is 6.13. The number of Topliss-reactive ketones (excluding diaryl/α,β-unsaturated/α-hetero) is 1. The molecule has 27 heavy (non-hydrogen) atoms. The summed E-state index contributed by atoms with van der Waals surface area (Å²) in [5.41, 5.74) is -0.349. The predicted octanol–water partition coefficient (Wildman–Crippen LogP) is 4.61. The lowest BCUT2D eigenvalue weighted by Gasteiger charge is -2.53. The number of aliphatic hydroxyl groups is 1. The van der Waals surface area contributed by atoms with Crippen LogP contribution in [0, 0.1) is 22.2 Å². The molecule has 1 N–H and O–H groups in total. The number of carbonyl (C=O) groups is 2. The molecule has 0 saturated heterocycles. The highest BCUT2D eigenvalue weighted by Gasteiger charge is 2.63. The van der Waals surface area contributed by atoms with Crippen molar-refractivity contribution in [2.45, 2.75) is 79.8 Å². The molecule has 4 atom stereocenters. The third-order valence-corrected chi connectivity index (χ3v) is 6.45. The van der Waals surface area contributed by atoms with Gasteiger partial charge in [-0.15, -0.1) is 0 Å². The van der Waals surface area contributed by atoms with Gasteiger partial charge < -0.3 is 9.84 Å². The first-order chi connectivity index (χ1) is 12.4. The van der Waals surface area contributed by atoms with Crippen molar-refractivity contribution in [2.24, 2.45) is 22.2 Å². The van der Waals surface area contributed by atoms with Crippen LogP contribution in [-0.4, -0.2) is 29.9 Å². The minimum atomic E-state index is -0.923. The molecule has 0 aromatic carbocycles. The number of hydrogen-bond donors (Lipinski definition) is 1. The van der Waals surface area contributed by atoms with Gasteiger partial charge in [0, 0.05) is 11.5 Å². The van der Waals surface area contributed by atoms with Gasteiger partial charge in [0.25, 0.3) is 0 Å². The number of ether oxygens (including phenoxy) is 1. The van der Waals surface area contributed by atoms with E-state index in [2.05, 4.69) is 20.8 Å². The first kappa shape index (κ1) is 21.9. The van der Waals surface area contributed by atoms with E-state index in [-0.39, 0.29) is 17.0 Å². The number of allylic oxidation sites excluding steroid dienone is 4. The van der Waals surface area contributed by atoms with Crippen LogP contribution in [0.15, 0.2) is 23.5 Å². The number of methoxy groups -OCH3 is 1. The van der Waals surface area contributed by atoms with Crippen molar-refractivity contribution in [3.63, 3.8) is 0 Å². The molecule has 0 aromatic heterocycles. The highest BCUT2D eigenvalue weighted by molar-refractivity contribution is 6.14. The molecular formula is C23H36O4. The molecule has 4 heteroatoms. The summed E-state index contributed by atoms with van der Waals surface area (Å²) in [6.45, 7) is 12.4. The van der Waals surface area contributed by atoms with Crippen LogP contribution < -0.4 is 0 Å². The second-order valence-electron chi connectivity index (χ2n) is 10.1. The van der Waals surface area contributed by atoms with Crippen LogP contribution in [-0.2, 0) is 14.3 Å². The van der Waals surface area contributed by atoms with Crippen LogP contribution in [0.25, 0.3) is 0 Å². The molecule has 0 aromatic rings. The molecule has 0 aliphatic heterocycles. The lowest BCUT2D eigenvalue weighted by Crippen LogP contribution is -2.61. The van der Waals surface area contributed by atoms with Gasteiger partial charge in [0.2, 0.25) is 0 Å². The average Bonchev–Trinajstić information content (AvgIpc) is 2.53. The van der Waals surface area contributed by atoms with E-state index >= 15 is 0 Å². The number of ketones is 2. The van der Waals surface area contributed by atoms with Gasteiger partial charge in [0.1, 0.15) is 5.76 Å². The van der Waals surface area contributed by atoms with Crippen molar-refractivity contribution in [2.75, 3.05) is 7.11 Å². The largest absolute Gasteiger partial charge is 0.500 e. The normalized spacial score (nSPS) is 33.6. The zero-order valence-corrected chi connectivity index (χ0v) is 18.0. The average molecular weight is 377 g/mol. The summed E-state index contributed by atoms with van der Waals surface area (Å²) in [6, 6.07) is 0. The monoisotopic (exact) mass is 376 g/mol. The van der Waals surface area contributed by atoms with E-state index in [1.54, 1.807) is 0 Å². The summed E-state index contributed by atoms with van der Waals surface area (Å²) >= 11 is 0. The number of carbonyl (C=O) groups excluding carboxylic acids is 2. The van der Waals surface area contributed by atoms with Crippen molar-refractivity contribution in [1.82, 2.24) is 0 Å². The van der Waals surface area contributed by atoms with Crippen LogP contribution >= 0.6 is 0 Å². The number of rotatable bonds is 6. The fraction of sp³-hybridized carbons (Fsp3) is 0.739. The van der Waals surface area contributed by atoms with Crippen LogP contribution in [0.3, 0.4) is 0 Å². The summed E-state index contributed by atoms with van der Waals surface area (Å²) in [7, 11) is 1.50. The Morgan fingerprint density at radius 1 is 1.33 bits per heavy atom. The van der Waals surface area contributed by atoms with Crippen molar-refractivity contribution < 1.29 is 19.4 Å². The molecule has 2 bridgehead atoms. The third kappa shape index (κ3) is 4.06. The van der Waals surface area contributed by atoms with Crippen LogP contribution in [0.5, 0.6) is 0 Å². The van der Waals surface area contributed by atoms with Crippen molar-refractivity contribution in [3.05, 3.63) is 23.5 Å². The maximum Gasteiger partial charge on any atom is 0.170 e. The first-order valence-electron chi connectivity index (χ1n) is 10.0. The maximum atomic E-state index is 13.6. The highest BCUT2D eigenvalue weighted by Crippen LogP contribution is 2.56. The van der Waals surface area contributed by atoms with E-state index in [0.29, 0.717) is 25.0 Å². The smallest absolute Gasteiger partial charge is 0.170 e. The fourth-order valence-corrected chi connectivity index (χ4v) is 4.69. The van der Waals surface area contributed by atoms with Gasteiger partial charge in [0.05, 0.1) is 24.5 Å². The molecule has 1 saturated carbocycles. The zero-order valence-electron chi connectivity index (χ0n) is 18.0. The minimum Gasteiger partial charge on any atom is -0.500 e. The molecule has 2 rings (SSSR count). The molecule has 2 aliphatic carbocycles. The SMILES string of the molecule is COC1=CC(=O)C2C(=O)C1(CC=C(C)C)CC(O)C2(C)CCCC(C)(C)C. The summed E-state index contributed by atoms with van der Waals surface area (Å²) in [5, 5.41) is 11.1. The Balaban J connectivity index is 2.42. The maximum absolute atomic E-state index is 13.6. The van der Waals surface area contributed by atoms with Gasteiger partial charge in [-0.05, 0) is 44.9 Å². The molecule has 4 unspecified atom stereocenters. The lowest BCUT2D eigenvalue weighted by molar-refractivity contribution is -0.164. The van der Waals surface area contributed by atoms with Gasteiger partial charge in [-0.25, -0.2) is 0 Å². The Labute approximate surface area is 164 Å². The third-order valence-electron chi connectivity index (χ3n) is 6.45. The Morgan fingerprint density at radius 2 is 1.96 bits per heavy atom. The number of aliphatic hydroxyl groups excluding tert-OH is 1. The van der Waals surface area contributed by atoms with E-state index in [0.717, 1.165) is 18.4 Å². The van der Waals surface area contributed by atoms with E-state index in [1.165, 1.54) is 13.2 Å². The summed E-state index contributed by atoms with van der Waals surface area (Å²) < 4.78 is 5.47. The Morgan fingerprint density at radius 3 is 2.48 bits per heavy atom. The van der Waals surface area contributed by atoms with Crippen molar-refractivity contribution >= 4 is 11.6 Å². The molecule has 0 amide bonds. The molecule has 152 valence electrons. The van der Waals surface area contributed by atoms with Crippen molar-refractivity contribution in [3.8, 4) is 0 Å². The van der Waals surface area contributed by atoms with Gasteiger partial charge in [0.15, 0.2) is 11.6 Å². The lowest BCUT2D eigenvalue weighted by atomic mass is 9.50. The van der Waals surface area contributed by atoms with Crippen molar-refractivity contribution in [1.29, 1.82) is 0 Å². The Kier molecular flexibility index (Phi) is 6.11. The minimum absolute atomic E-state index is 0.0760. The zero-order chi connectivity index (χ0) is 20.6. The van der Waals surface area contributed by atoms with Crippen LogP contribution in [0.4, 0.5) is 0 Å². The molecule has 0 radical (unpaired) electrons. The second-order valence-corrected chi connectivity index (χ2v) is 10.1. The number of hydrogen-bond acceptors (Lipinski definition) is 4. The van der Waals surface area contributed by atoms with Crippen LogP contribution in [0.1, 0.15) is 73.6 Å². The van der Waals surface area contributed by atoms with E-state index in [1.807, 2.05) is 26.8 Å². The first-order valence-corrected chi connectivity index (χ1v) is 10.0. The van der Waals surface area contributed by atoms with E-state index in [4.69, 9.17) is 4.74 Å². The Hall–Kier alpha value is -1.42. The topological polar surface area (TPSA) is 63.6 Å². The highest BCUT2D eigenvalue weighted by atomic mass is 16.5.